The largest absolute Gasteiger partial charge is 0.371 e. The van der Waals surface area contributed by atoms with E-state index in [9.17, 15) is 14.0 Å². The van der Waals surface area contributed by atoms with Crippen molar-refractivity contribution >= 4 is 34.7 Å². The molecule has 5 nitrogen and oxygen atoms in total. The number of para-hydroxylation sites is 1. The number of nitrogens with zero attached hydrogens (tertiary/aromatic N) is 2. The summed E-state index contributed by atoms with van der Waals surface area (Å²) >= 11 is 6.16. The summed E-state index contributed by atoms with van der Waals surface area (Å²) in [6, 6.07) is 20.3. The summed E-state index contributed by atoms with van der Waals surface area (Å²) in [6.45, 7) is 7.93. The lowest BCUT2D eigenvalue weighted by atomic mass is 9.76. The Labute approximate surface area is 223 Å². The number of Topliss-reactive ketones (excluding diaryl/α,β-unsaturated/α-hetero) is 1. The minimum Gasteiger partial charge on any atom is -0.371 e. The predicted molar refractivity (Wildman–Crippen MR) is 148 cm³/mol. The smallest absolute Gasteiger partial charge is 0.227 e. The number of ketones is 1. The van der Waals surface area contributed by atoms with E-state index in [-0.39, 0.29) is 11.7 Å². The van der Waals surface area contributed by atoms with Gasteiger partial charge in [-0.3, -0.25) is 9.59 Å². The van der Waals surface area contributed by atoms with Crippen LogP contribution in [0.3, 0.4) is 0 Å². The highest BCUT2D eigenvalue weighted by Gasteiger charge is 2.48. The number of anilines is 2. The first-order valence-electron chi connectivity index (χ1n) is 12.8. The van der Waals surface area contributed by atoms with E-state index in [4.69, 9.17) is 11.6 Å². The molecule has 1 aliphatic heterocycles. The summed E-state index contributed by atoms with van der Waals surface area (Å²) in [6.07, 6.45) is 0.661. The molecular weight excluding hydrogens is 489 g/mol. The molecule has 1 amide bonds. The number of benzene rings is 3. The molecule has 0 aromatic heterocycles. The zero-order valence-corrected chi connectivity index (χ0v) is 22.3. The number of likely N-dealkylation sites (N-methyl/N-ethyl adjacent to an activating group) is 1. The summed E-state index contributed by atoms with van der Waals surface area (Å²) in [5.74, 6) is -0.564. The topological polar surface area (TPSA) is 52.7 Å². The van der Waals surface area contributed by atoms with E-state index in [1.54, 1.807) is 17.0 Å². The molecule has 0 saturated carbocycles. The second-order valence-electron chi connectivity index (χ2n) is 9.41. The summed E-state index contributed by atoms with van der Waals surface area (Å²) in [4.78, 5) is 31.7. The normalized spacial score (nSPS) is 18.7. The fraction of sp³-hybridized carbons (Fsp3) is 0.333. The lowest BCUT2D eigenvalue weighted by Crippen LogP contribution is -2.59. The fourth-order valence-electron chi connectivity index (χ4n) is 5.18. The quantitative estimate of drug-likeness (QED) is 0.317. The van der Waals surface area contributed by atoms with E-state index in [1.165, 1.54) is 24.3 Å². The third kappa shape index (κ3) is 5.55. The molecule has 1 heterocycles. The zero-order valence-electron chi connectivity index (χ0n) is 21.5. The summed E-state index contributed by atoms with van der Waals surface area (Å²) in [5.41, 5.74) is 1.87. The van der Waals surface area contributed by atoms with Gasteiger partial charge in [0, 0.05) is 41.3 Å². The predicted octanol–water partition coefficient (Wildman–Crippen LogP) is 6.74. The fourth-order valence-corrected chi connectivity index (χ4v) is 5.31. The van der Waals surface area contributed by atoms with Crippen molar-refractivity contribution in [1.82, 2.24) is 4.90 Å². The van der Waals surface area contributed by atoms with Crippen LogP contribution in [0.4, 0.5) is 15.8 Å². The maximum atomic E-state index is 14.3. The first kappa shape index (κ1) is 26.8. The molecule has 1 aliphatic rings. The summed E-state index contributed by atoms with van der Waals surface area (Å²) in [7, 11) is 0. The Morgan fingerprint density at radius 1 is 0.973 bits per heavy atom. The van der Waals surface area contributed by atoms with Gasteiger partial charge in [-0.1, -0.05) is 50.6 Å². The summed E-state index contributed by atoms with van der Waals surface area (Å²) in [5, 5.41) is 4.16. The Balaban J connectivity index is 1.89. The number of carbonyl (C=O) groups excluding carboxylic acids is 2. The van der Waals surface area contributed by atoms with Crippen molar-refractivity contribution in [2.24, 2.45) is 0 Å². The van der Waals surface area contributed by atoms with Crippen LogP contribution in [0.2, 0.25) is 5.02 Å². The van der Waals surface area contributed by atoms with Gasteiger partial charge in [0.2, 0.25) is 5.91 Å². The number of amides is 1. The van der Waals surface area contributed by atoms with Gasteiger partial charge in [-0.15, -0.1) is 0 Å². The molecule has 3 aromatic rings. The van der Waals surface area contributed by atoms with Crippen LogP contribution < -0.4 is 10.2 Å². The number of nitrogens with one attached hydrogen (secondary N) is 1. The molecule has 7 heteroatoms. The summed E-state index contributed by atoms with van der Waals surface area (Å²) < 4.78 is 13.7. The molecule has 37 heavy (non-hydrogen) atoms. The van der Waals surface area contributed by atoms with E-state index in [0.717, 1.165) is 30.0 Å². The molecule has 2 atom stereocenters. The van der Waals surface area contributed by atoms with E-state index >= 15 is 0 Å². The van der Waals surface area contributed by atoms with Gasteiger partial charge in [-0.2, -0.15) is 0 Å². The van der Waals surface area contributed by atoms with Crippen LogP contribution in [0.25, 0.3) is 0 Å². The van der Waals surface area contributed by atoms with E-state index in [1.807, 2.05) is 43.3 Å². The van der Waals surface area contributed by atoms with Gasteiger partial charge >= 0.3 is 0 Å². The lowest BCUT2D eigenvalue weighted by Gasteiger charge is -2.47. The molecule has 4 rings (SSSR count). The molecule has 0 fully saturated rings. The average molecular weight is 522 g/mol. The molecule has 0 radical (unpaired) electrons. The highest BCUT2D eigenvalue weighted by atomic mass is 35.5. The van der Waals surface area contributed by atoms with Crippen molar-refractivity contribution in [3.63, 3.8) is 0 Å². The van der Waals surface area contributed by atoms with E-state index < -0.39 is 17.4 Å². The Bertz CT molecular complexity index is 1240. The minimum absolute atomic E-state index is 0.0463. The minimum atomic E-state index is -1.04. The van der Waals surface area contributed by atoms with Crippen LogP contribution in [0.1, 0.15) is 55.6 Å². The van der Waals surface area contributed by atoms with Gasteiger partial charge in [0.05, 0.1) is 6.04 Å². The number of hydrogen-bond donors (Lipinski definition) is 1. The standard InChI is InChI=1S/C30H33ClFN3O2/c1-4-28(36)35(24-17-13-22(31)14-18-24)27-19-30(20-34(5-2)6-3,33-26-10-8-7-9-25(26)27)29(37)21-11-15-23(32)16-12-21/h7-18,27,33H,4-6,19-20H2,1-3H3. The maximum Gasteiger partial charge on any atom is 0.227 e. The zero-order chi connectivity index (χ0) is 26.6. The van der Waals surface area contributed by atoms with Crippen molar-refractivity contribution in [2.45, 2.75) is 45.2 Å². The molecule has 1 N–H and O–H groups in total. The van der Waals surface area contributed by atoms with E-state index in [2.05, 4.69) is 24.1 Å². The average Bonchev–Trinajstić information content (AvgIpc) is 2.92. The van der Waals surface area contributed by atoms with Gasteiger partial charge in [0.25, 0.3) is 0 Å². The molecule has 3 aromatic carbocycles. The van der Waals surface area contributed by atoms with Crippen molar-refractivity contribution in [3.05, 3.63) is 94.8 Å². The van der Waals surface area contributed by atoms with Crippen molar-refractivity contribution in [1.29, 1.82) is 0 Å². The van der Waals surface area contributed by atoms with Gasteiger partial charge in [0.1, 0.15) is 11.4 Å². The lowest BCUT2D eigenvalue weighted by molar-refractivity contribution is -0.118. The third-order valence-corrected chi connectivity index (χ3v) is 7.40. The molecule has 0 aliphatic carbocycles. The number of rotatable bonds is 9. The first-order chi connectivity index (χ1) is 17.8. The number of fused-ring (bicyclic) bond motifs is 1. The van der Waals surface area contributed by atoms with Crippen LogP contribution in [-0.4, -0.2) is 41.8 Å². The number of halogens is 2. The van der Waals surface area contributed by atoms with E-state index in [0.29, 0.717) is 30.0 Å². The second kappa shape index (κ2) is 11.4. The van der Waals surface area contributed by atoms with Crippen molar-refractivity contribution < 1.29 is 14.0 Å². The van der Waals surface area contributed by atoms with Gasteiger partial charge < -0.3 is 15.1 Å². The Morgan fingerprint density at radius 2 is 1.62 bits per heavy atom. The van der Waals surface area contributed by atoms with Crippen LogP contribution in [0, 0.1) is 5.82 Å². The highest BCUT2D eigenvalue weighted by molar-refractivity contribution is 6.30. The molecule has 194 valence electrons. The van der Waals surface area contributed by atoms with Crippen molar-refractivity contribution in [3.8, 4) is 0 Å². The maximum absolute atomic E-state index is 14.3. The highest BCUT2D eigenvalue weighted by Crippen LogP contribution is 2.44. The van der Waals surface area contributed by atoms with Gasteiger partial charge in [0.15, 0.2) is 5.78 Å². The molecule has 0 saturated heterocycles. The molecular formula is C30H33ClFN3O2. The van der Waals surface area contributed by atoms with Crippen molar-refractivity contribution in [2.75, 3.05) is 29.9 Å². The van der Waals surface area contributed by atoms with Gasteiger partial charge in [-0.05, 0) is 73.3 Å². The molecule has 2 unspecified atom stereocenters. The Kier molecular flexibility index (Phi) is 8.30. The van der Waals surface area contributed by atoms with Crippen LogP contribution in [0.15, 0.2) is 72.8 Å². The first-order valence-corrected chi connectivity index (χ1v) is 13.2. The number of carbonyl (C=O) groups is 2. The molecule has 0 spiro atoms. The second-order valence-corrected chi connectivity index (χ2v) is 9.84. The number of hydrogen-bond acceptors (Lipinski definition) is 4. The van der Waals surface area contributed by atoms with Crippen LogP contribution in [-0.2, 0) is 4.79 Å². The Hall–Kier alpha value is -3.22. The Morgan fingerprint density at radius 3 is 2.24 bits per heavy atom. The monoisotopic (exact) mass is 521 g/mol. The molecule has 0 bridgehead atoms. The van der Waals surface area contributed by atoms with Crippen LogP contribution in [0.5, 0.6) is 0 Å². The third-order valence-electron chi connectivity index (χ3n) is 7.15. The van der Waals surface area contributed by atoms with Gasteiger partial charge in [-0.25, -0.2) is 4.39 Å². The van der Waals surface area contributed by atoms with Crippen LogP contribution >= 0.6 is 11.6 Å². The SMILES string of the molecule is CCC(=O)N(c1ccc(Cl)cc1)C1CC(CN(CC)CC)(C(=O)c2ccc(F)cc2)Nc2ccccc21.